The number of thioether (sulfide) groups is 1. The van der Waals surface area contributed by atoms with Crippen molar-refractivity contribution in [3.63, 3.8) is 0 Å². The van der Waals surface area contributed by atoms with Crippen LogP contribution < -0.4 is 14.2 Å². The Morgan fingerprint density at radius 2 is 1.44 bits per heavy atom. The Balaban J connectivity index is 1.45. The highest BCUT2D eigenvalue weighted by atomic mass is 35.5. The average molecular weight is 579 g/mol. The van der Waals surface area contributed by atoms with Crippen molar-refractivity contribution >= 4 is 35.0 Å². The van der Waals surface area contributed by atoms with E-state index in [9.17, 15) is 0 Å². The topological polar surface area (TPSA) is 58.4 Å². The third-order valence-electron chi connectivity index (χ3n) is 5.94. The Hall–Kier alpha value is -3.65. The van der Waals surface area contributed by atoms with E-state index in [1.807, 2.05) is 84.9 Å². The fourth-order valence-electron chi connectivity index (χ4n) is 4.01. The third-order valence-corrected chi connectivity index (χ3v) is 7.68. The van der Waals surface area contributed by atoms with Gasteiger partial charge in [0.2, 0.25) is 0 Å². The van der Waals surface area contributed by atoms with Crippen LogP contribution in [0.3, 0.4) is 0 Å². The molecule has 0 aliphatic heterocycles. The van der Waals surface area contributed by atoms with E-state index in [1.54, 1.807) is 32.0 Å². The minimum atomic E-state index is 0.527. The van der Waals surface area contributed by atoms with Crippen molar-refractivity contribution in [2.45, 2.75) is 17.3 Å². The quantitative estimate of drug-likeness (QED) is 0.156. The number of halogens is 2. The number of methoxy groups -OCH3 is 2. The Bertz CT molecular complexity index is 1560. The average Bonchev–Trinajstić information content (AvgIpc) is 3.36. The van der Waals surface area contributed by atoms with Gasteiger partial charge >= 0.3 is 0 Å². The number of hydrogen-bond donors (Lipinski definition) is 0. The molecule has 0 unspecified atom stereocenters. The van der Waals surface area contributed by atoms with Gasteiger partial charge in [0.05, 0.1) is 24.3 Å². The van der Waals surface area contributed by atoms with E-state index < -0.39 is 0 Å². The molecule has 9 heteroatoms. The summed E-state index contributed by atoms with van der Waals surface area (Å²) in [6.07, 6.45) is 0.545. The number of aromatic nitrogens is 3. The first kappa shape index (κ1) is 26.9. The molecule has 198 valence electrons. The molecule has 0 amide bonds. The van der Waals surface area contributed by atoms with Crippen LogP contribution in [0.4, 0.5) is 0 Å². The monoisotopic (exact) mass is 577 g/mol. The summed E-state index contributed by atoms with van der Waals surface area (Å²) in [5.41, 5.74) is 2.98. The van der Waals surface area contributed by atoms with Crippen molar-refractivity contribution in [1.82, 2.24) is 14.8 Å². The van der Waals surface area contributed by atoms with Crippen LogP contribution in [0.25, 0.3) is 5.69 Å². The van der Waals surface area contributed by atoms with Crippen LogP contribution in [0.1, 0.15) is 17.0 Å². The lowest BCUT2D eigenvalue weighted by Gasteiger charge is -2.13. The molecule has 0 N–H and O–H groups in total. The second-order valence-electron chi connectivity index (χ2n) is 8.55. The minimum absolute atomic E-state index is 0.527. The normalized spacial score (nSPS) is 10.9. The van der Waals surface area contributed by atoms with Gasteiger partial charge in [-0.15, -0.1) is 10.2 Å². The van der Waals surface area contributed by atoms with Crippen molar-refractivity contribution in [2.75, 3.05) is 14.2 Å². The molecule has 0 radical (unpaired) electrons. The third kappa shape index (κ3) is 6.50. The highest BCUT2D eigenvalue weighted by molar-refractivity contribution is 7.98. The summed E-state index contributed by atoms with van der Waals surface area (Å²) in [6.45, 7) is 0. The summed E-state index contributed by atoms with van der Waals surface area (Å²) in [6, 6.07) is 29.1. The molecule has 0 atom stereocenters. The van der Waals surface area contributed by atoms with Crippen LogP contribution in [0.2, 0.25) is 10.0 Å². The first-order chi connectivity index (χ1) is 19.0. The molecule has 5 rings (SSSR count). The van der Waals surface area contributed by atoms with Gasteiger partial charge in [0.15, 0.2) is 16.7 Å². The molecule has 0 aliphatic rings. The molecule has 6 nitrogen and oxygen atoms in total. The van der Waals surface area contributed by atoms with Gasteiger partial charge in [0.25, 0.3) is 0 Å². The van der Waals surface area contributed by atoms with E-state index >= 15 is 0 Å². The summed E-state index contributed by atoms with van der Waals surface area (Å²) in [7, 11) is 3.25. The largest absolute Gasteiger partial charge is 0.493 e. The van der Waals surface area contributed by atoms with Gasteiger partial charge < -0.3 is 14.2 Å². The second kappa shape index (κ2) is 12.5. The van der Waals surface area contributed by atoms with E-state index in [0.717, 1.165) is 39.3 Å². The minimum Gasteiger partial charge on any atom is -0.493 e. The number of rotatable bonds is 10. The smallest absolute Gasteiger partial charge is 0.196 e. The van der Waals surface area contributed by atoms with E-state index in [-0.39, 0.29) is 0 Å². The molecule has 0 fully saturated rings. The van der Waals surface area contributed by atoms with E-state index in [1.165, 1.54) is 0 Å². The van der Waals surface area contributed by atoms with Crippen molar-refractivity contribution < 1.29 is 14.2 Å². The first-order valence-electron chi connectivity index (χ1n) is 12.1. The molecular weight excluding hydrogens is 553 g/mol. The molecule has 0 aliphatic carbocycles. The SMILES string of the molecule is COc1ccc(Cc2nnc(SCc3ccc(Cl)c(Cl)c3)n2-c2ccc(Oc3ccccc3)cc2)cc1OC. The van der Waals surface area contributed by atoms with Crippen LogP contribution in [0.15, 0.2) is 96.2 Å². The molecule has 0 saturated heterocycles. The summed E-state index contributed by atoms with van der Waals surface area (Å²) in [5, 5.41) is 10.9. The van der Waals surface area contributed by atoms with E-state index in [0.29, 0.717) is 33.7 Å². The molecule has 5 aromatic rings. The molecular formula is C30H25Cl2N3O3S. The lowest BCUT2D eigenvalue weighted by atomic mass is 10.1. The summed E-state index contributed by atoms with van der Waals surface area (Å²) < 4.78 is 18.9. The van der Waals surface area contributed by atoms with E-state index in [2.05, 4.69) is 14.8 Å². The number of benzene rings is 4. The van der Waals surface area contributed by atoms with E-state index in [4.69, 9.17) is 37.4 Å². The Morgan fingerprint density at radius 3 is 2.15 bits per heavy atom. The van der Waals surface area contributed by atoms with Gasteiger partial charge in [0.1, 0.15) is 17.3 Å². The molecule has 4 aromatic carbocycles. The van der Waals surface area contributed by atoms with Crippen molar-refractivity contribution in [1.29, 1.82) is 0 Å². The van der Waals surface area contributed by atoms with Crippen LogP contribution in [0.5, 0.6) is 23.0 Å². The second-order valence-corrected chi connectivity index (χ2v) is 10.3. The molecule has 1 aromatic heterocycles. The number of hydrogen-bond acceptors (Lipinski definition) is 6. The highest BCUT2D eigenvalue weighted by Gasteiger charge is 2.17. The lowest BCUT2D eigenvalue weighted by Crippen LogP contribution is -2.04. The molecule has 0 bridgehead atoms. The summed E-state index contributed by atoms with van der Waals surface area (Å²) in [5.74, 6) is 4.30. The molecule has 0 saturated carbocycles. The Kier molecular flexibility index (Phi) is 8.61. The zero-order valence-electron chi connectivity index (χ0n) is 21.3. The van der Waals surface area contributed by atoms with Crippen molar-refractivity contribution in [2.24, 2.45) is 0 Å². The fraction of sp³-hybridized carbons (Fsp3) is 0.133. The highest BCUT2D eigenvalue weighted by Crippen LogP contribution is 2.32. The van der Waals surface area contributed by atoms with Crippen LogP contribution >= 0.6 is 35.0 Å². The molecule has 39 heavy (non-hydrogen) atoms. The number of nitrogens with zero attached hydrogens (tertiary/aromatic N) is 3. The van der Waals surface area contributed by atoms with Gasteiger partial charge in [-0.25, -0.2) is 0 Å². The van der Waals surface area contributed by atoms with Crippen molar-refractivity contribution in [3.05, 3.63) is 118 Å². The lowest BCUT2D eigenvalue weighted by molar-refractivity contribution is 0.354. The van der Waals surface area contributed by atoms with Gasteiger partial charge in [0, 0.05) is 17.9 Å². The summed E-state index contributed by atoms with van der Waals surface area (Å²) in [4.78, 5) is 0. The number of ether oxygens (including phenoxy) is 3. The zero-order valence-corrected chi connectivity index (χ0v) is 23.6. The van der Waals surface area contributed by atoms with Gasteiger partial charge in [-0.05, 0) is 71.8 Å². The standard InChI is InChI=1S/C30H25Cl2N3O3S/c1-36-27-15-9-20(17-28(27)37-2)18-29-33-34-30(39-19-21-8-14-25(31)26(32)16-21)35(29)22-10-12-24(13-11-22)38-23-6-4-3-5-7-23/h3-17H,18-19H2,1-2H3. The first-order valence-corrected chi connectivity index (χ1v) is 13.8. The predicted molar refractivity (Wildman–Crippen MR) is 156 cm³/mol. The van der Waals surface area contributed by atoms with Gasteiger partial charge in [-0.1, -0.05) is 65.3 Å². The fourth-order valence-corrected chi connectivity index (χ4v) is 5.24. The molecule has 1 heterocycles. The maximum Gasteiger partial charge on any atom is 0.196 e. The Labute approximate surface area is 241 Å². The summed E-state index contributed by atoms with van der Waals surface area (Å²) >= 11 is 13.9. The Morgan fingerprint density at radius 1 is 0.718 bits per heavy atom. The van der Waals surface area contributed by atoms with Crippen molar-refractivity contribution in [3.8, 4) is 28.7 Å². The predicted octanol–water partition coefficient (Wildman–Crippen LogP) is 8.27. The maximum absolute atomic E-state index is 6.23. The van der Waals surface area contributed by atoms with Crippen LogP contribution in [-0.2, 0) is 12.2 Å². The number of para-hydroxylation sites is 1. The van der Waals surface area contributed by atoms with Crippen LogP contribution in [0, 0.1) is 0 Å². The molecule has 0 spiro atoms. The van der Waals surface area contributed by atoms with Crippen LogP contribution in [-0.4, -0.2) is 29.0 Å². The van der Waals surface area contributed by atoms with Gasteiger partial charge in [-0.3, -0.25) is 4.57 Å². The maximum atomic E-state index is 6.23. The zero-order chi connectivity index (χ0) is 27.2. The van der Waals surface area contributed by atoms with Gasteiger partial charge in [-0.2, -0.15) is 0 Å².